The standard InChI is InChI=1S/C12H20N4O/c1-3-8-16-10(9-14-15-16)11(17)12(2)4-6-13-7-5-12/h9,13H,3-8H2,1-2H3. The molecule has 1 fully saturated rings. The maximum atomic E-state index is 12.5. The fourth-order valence-electron chi connectivity index (χ4n) is 2.33. The van der Waals surface area contributed by atoms with Crippen LogP contribution in [-0.2, 0) is 6.54 Å². The quantitative estimate of drug-likeness (QED) is 0.800. The first-order valence-corrected chi connectivity index (χ1v) is 6.31. The molecule has 1 aromatic rings. The fraction of sp³-hybridized carbons (Fsp3) is 0.750. The molecule has 0 bridgehead atoms. The topological polar surface area (TPSA) is 59.8 Å². The molecule has 0 spiro atoms. The number of hydrogen-bond donors (Lipinski definition) is 1. The number of carbonyl (C=O) groups is 1. The summed E-state index contributed by atoms with van der Waals surface area (Å²) in [6, 6.07) is 0. The first kappa shape index (κ1) is 12.2. The van der Waals surface area contributed by atoms with Gasteiger partial charge in [0.2, 0.25) is 0 Å². The third kappa shape index (κ3) is 2.39. The van der Waals surface area contributed by atoms with Crippen LogP contribution in [0.25, 0.3) is 0 Å². The molecule has 0 amide bonds. The van der Waals surface area contributed by atoms with Gasteiger partial charge in [0.1, 0.15) is 5.69 Å². The van der Waals surface area contributed by atoms with E-state index in [1.54, 1.807) is 10.9 Å². The Hall–Kier alpha value is -1.23. The van der Waals surface area contributed by atoms with Crippen LogP contribution in [0.3, 0.4) is 0 Å². The van der Waals surface area contributed by atoms with Crippen LogP contribution in [0.5, 0.6) is 0 Å². The molecule has 2 heterocycles. The molecule has 0 atom stereocenters. The summed E-state index contributed by atoms with van der Waals surface area (Å²) < 4.78 is 1.73. The molecule has 1 aliphatic rings. The van der Waals surface area contributed by atoms with Gasteiger partial charge in [-0.1, -0.05) is 19.1 Å². The number of Topliss-reactive ketones (excluding diaryl/α,β-unsaturated/α-hetero) is 1. The largest absolute Gasteiger partial charge is 0.317 e. The Kier molecular flexibility index (Phi) is 3.57. The van der Waals surface area contributed by atoms with Crippen LogP contribution in [0, 0.1) is 5.41 Å². The van der Waals surface area contributed by atoms with E-state index in [-0.39, 0.29) is 11.2 Å². The maximum absolute atomic E-state index is 12.5. The molecular formula is C12H20N4O. The predicted octanol–water partition coefficient (Wildman–Crippen LogP) is 1.26. The van der Waals surface area contributed by atoms with Gasteiger partial charge in [-0.05, 0) is 32.4 Å². The molecule has 1 N–H and O–H groups in total. The van der Waals surface area contributed by atoms with E-state index in [9.17, 15) is 4.79 Å². The van der Waals surface area contributed by atoms with E-state index < -0.39 is 0 Å². The summed E-state index contributed by atoms with van der Waals surface area (Å²) in [5.74, 6) is 0.192. The van der Waals surface area contributed by atoms with Crippen molar-refractivity contribution in [3.8, 4) is 0 Å². The first-order valence-electron chi connectivity index (χ1n) is 6.31. The number of rotatable bonds is 4. The molecule has 0 unspecified atom stereocenters. The molecule has 0 saturated carbocycles. The normalized spacial score (nSPS) is 19.2. The molecule has 0 aliphatic carbocycles. The monoisotopic (exact) mass is 236 g/mol. The zero-order valence-electron chi connectivity index (χ0n) is 10.6. The highest BCUT2D eigenvalue weighted by atomic mass is 16.1. The van der Waals surface area contributed by atoms with Crippen molar-refractivity contribution < 1.29 is 4.79 Å². The number of aromatic nitrogens is 3. The minimum absolute atomic E-state index is 0.192. The smallest absolute Gasteiger partial charge is 0.188 e. The van der Waals surface area contributed by atoms with Gasteiger partial charge in [-0.15, -0.1) is 5.10 Å². The third-order valence-corrected chi connectivity index (χ3v) is 3.54. The van der Waals surface area contributed by atoms with E-state index in [2.05, 4.69) is 29.5 Å². The van der Waals surface area contributed by atoms with Crippen LogP contribution in [0.2, 0.25) is 0 Å². The van der Waals surface area contributed by atoms with Gasteiger partial charge in [0.25, 0.3) is 0 Å². The summed E-state index contributed by atoms with van der Waals surface area (Å²) in [4.78, 5) is 12.5. The molecule has 5 nitrogen and oxygen atoms in total. The maximum Gasteiger partial charge on any atom is 0.188 e. The summed E-state index contributed by atoms with van der Waals surface area (Å²) in [5, 5.41) is 11.1. The minimum Gasteiger partial charge on any atom is -0.317 e. The zero-order chi connectivity index (χ0) is 12.3. The average molecular weight is 236 g/mol. The Labute approximate surface area is 102 Å². The van der Waals surface area contributed by atoms with Crippen molar-refractivity contribution in [2.45, 2.75) is 39.7 Å². The molecule has 1 saturated heterocycles. The minimum atomic E-state index is -0.252. The lowest BCUT2D eigenvalue weighted by molar-refractivity contribution is 0.0750. The zero-order valence-corrected chi connectivity index (χ0v) is 10.6. The summed E-state index contributed by atoms with van der Waals surface area (Å²) >= 11 is 0. The van der Waals surface area contributed by atoms with Gasteiger partial charge in [-0.25, -0.2) is 4.68 Å². The fourth-order valence-corrected chi connectivity index (χ4v) is 2.33. The average Bonchev–Trinajstić information content (AvgIpc) is 2.78. The number of ketones is 1. The lowest BCUT2D eigenvalue weighted by atomic mass is 9.76. The van der Waals surface area contributed by atoms with Gasteiger partial charge < -0.3 is 5.32 Å². The van der Waals surface area contributed by atoms with Crippen molar-refractivity contribution in [1.82, 2.24) is 20.3 Å². The molecule has 0 radical (unpaired) electrons. The van der Waals surface area contributed by atoms with Crippen molar-refractivity contribution >= 4 is 5.78 Å². The Bertz CT molecular complexity index is 393. The third-order valence-electron chi connectivity index (χ3n) is 3.54. The van der Waals surface area contributed by atoms with Crippen LogP contribution in [0.15, 0.2) is 6.20 Å². The Balaban J connectivity index is 2.20. The lowest BCUT2D eigenvalue weighted by Gasteiger charge is -2.32. The molecule has 5 heteroatoms. The van der Waals surface area contributed by atoms with Crippen molar-refractivity contribution in [3.05, 3.63) is 11.9 Å². The van der Waals surface area contributed by atoms with E-state index in [1.807, 2.05) is 0 Å². The number of aryl methyl sites for hydroxylation is 1. The number of carbonyl (C=O) groups excluding carboxylic acids is 1. The van der Waals surface area contributed by atoms with Crippen LogP contribution >= 0.6 is 0 Å². The van der Waals surface area contributed by atoms with Crippen LogP contribution in [0.1, 0.15) is 43.6 Å². The van der Waals surface area contributed by atoms with Crippen molar-refractivity contribution in [2.24, 2.45) is 5.41 Å². The number of hydrogen-bond acceptors (Lipinski definition) is 4. The molecular weight excluding hydrogens is 216 g/mol. The molecule has 0 aromatic carbocycles. The van der Waals surface area contributed by atoms with Gasteiger partial charge >= 0.3 is 0 Å². The lowest BCUT2D eigenvalue weighted by Crippen LogP contribution is -2.40. The highest BCUT2D eigenvalue weighted by Crippen LogP contribution is 2.31. The molecule has 17 heavy (non-hydrogen) atoms. The summed E-state index contributed by atoms with van der Waals surface area (Å²) in [5.41, 5.74) is 0.412. The van der Waals surface area contributed by atoms with Crippen molar-refractivity contribution in [3.63, 3.8) is 0 Å². The first-order chi connectivity index (χ1) is 8.17. The Morgan fingerprint density at radius 3 is 2.88 bits per heavy atom. The van der Waals surface area contributed by atoms with Gasteiger partial charge in [0.05, 0.1) is 6.20 Å². The van der Waals surface area contributed by atoms with Gasteiger partial charge in [-0.2, -0.15) is 0 Å². The van der Waals surface area contributed by atoms with Gasteiger partial charge in [-0.3, -0.25) is 4.79 Å². The highest BCUT2D eigenvalue weighted by Gasteiger charge is 2.36. The summed E-state index contributed by atoms with van der Waals surface area (Å²) in [6.07, 6.45) is 4.35. The molecule has 94 valence electrons. The van der Waals surface area contributed by atoms with E-state index in [1.165, 1.54) is 0 Å². The SMILES string of the molecule is CCCn1nncc1C(=O)C1(C)CCNCC1. The van der Waals surface area contributed by atoms with Crippen LogP contribution in [-0.4, -0.2) is 33.9 Å². The van der Waals surface area contributed by atoms with Crippen LogP contribution in [0.4, 0.5) is 0 Å². The Morgan fingerprint density at radius 1 is 1.53 bits per heavy atom. The van der Waals surface area contributed by atoms with E-state index in [0.29, 0.717) is 5.69 Å². The number of piperidine rings is 1. The number of nitrogens with zero attached hydrogens (tertiary/aromatic N) is 3. The second-order valence-electron chi connectivity index (χ2n) is 4.98. The van der Waals surface area contributed by atoms with Crippen LogP contribution < -0.4 is 5.32 Å². The van der Waals surface area contributed by atoms with Gasteiger partial charge in [0.15, 0.2) is 5.78 Å². The van der Waals surface area contributed by atoms with E-state index in [4.69, 9.17) is 0 Å². The molecule has 2 rings (SSSR count). The molecule has 1 aromatic heterocycles. The van der Waals surface area contributed by atoms with E-state index >= 15 is 0 Å². The predicted molar refractivity (Wildman–Crippen MR) is 64.9 cm³/mol. The van der Waals surface area contributed by atoms with Crippen molar-refractivity contribution in [1.29, 1.82) is 0 Å². The Morgan fingerprint density at radius 2 is 2.24 bits per heavy atom. The number of nitrogens with one attached hydrogen (secondary N) is 1. The second kappa shape index (κ2) is 4.96. The summed E-state index contributed by atoms with van der Waals surface area (Å²) in [7, 11) is 0. The summed E-state index contributed by atoms with van der Waals surface area (Å²) in [6.45, 7) is 6.71. The van der Waals surface area contributed by atoms with Gasteiger partial charge in [0, 0.05) is 12.0 Å². The van der Waals surface area contributed by atoms with Crippen molar-refractivity contribution in [2.75, 3.05) is 13.1 Å². The van der Waals surface area contributed by atoms with E-state index in [0.717, 1.165) is 38.9 Å². The molecule has 1 aliphatic heterocycles. The highest BCUT2D eigenvalue weighted by molar-refractivity contribution is 5.98. The second-order valence-corrected chi connectivity index (χ2v) is 4.98.